The van der Waals surface area contributed by atoms with Crippen molar-refractivity contribution in [1.29, 1.82) is 0 Å². The fraction of sp³-hybridized carbons (Fsp3) is 0.188. The maximum absolute atomic E-state index is 12.4. The van der Waals surface area contributed by atoms with E-state index in [1.54, 1.807) is 24.4 Å². The predicted molar refractivity (Wildman–Crippen MR) is 156 cm³/mol. The first kappa shape index (κ1) is 27.1. The zero-order chi connectivity index (χ0) is 27.8. The van der Waals surface area contributed by atoms with Crippen LogP contribution in [0.1, 0.15) is 29.5 Å². The van der Waals surface area contributed by atoms with E-state index >= 15 is 0 Å². The lowest BCUT2D eigenvalue weighted by Gasteiger charge is -2.14. The summed E-state index contributed by atoms with van der Waals surface area (Å²) in [5.74, 6) is 0.237. The van der Waals surface area contributed by atoms with Crippen LogP contribution in [0, 0.1) is 0 Å². The highest BCUT2D eigenvalue weighted by Crippen LogP contribution is 2.24. The lowest BCUT2D eigenvalue weighted by Crippen LogP contribution is -2.30. The van der Waals surface area contributed by atoms with E-state index in [-0.39, 0.29) is 11.3 Å². The van der Waals surface area contributed by atoms with E-state index in [0.29, 0.717) is 26.0 Å². The van der Waals surface area contributed by atoms with Gasteiger partial charge in [-0.3, -0.25) is 9.48 Å². The smallest absolute Gasteiger partial charge is 0.264 e. The minimum Gasteiger partial charge on any atom is -0.493 e. The summed E-state index contributed by atoms with van der Waals surface area (Å²) in [4.78, 5) is 12.5. The van der Waals surface area contributed by atoms with E-state index in [1.165, 1.54) is 28.5 Å². The third-order valence-corrected chi connectivity index (χ3v) is 8.04. The Hall–Kier alpha value is -4.43. The van der Waals surface area contributed by atoms with Gasteiger partial charge in [0.2, 0.25) is 5.91 Å². The van der Waals surface area contributed by atoms with E-state index in [2.05, 4.69) is 40.2 Å². The second-order valence-electron chi connectivity index (χ2n) is 9.62. The Morgan fingerprint density at radius 3 is 2.40 bits per heavy atom. The molecule has 0 aliphatic rings. The zero-order valence-electron chi connectivity index (χ0n) is 22.1. The lowest BCUT2D eigenvalue weighted by atomic mass is 10.0. The predicted octanol–water partition coefficient (Wildman–Crippen LogP) is 5.53. The molecule has 204 valence electrons. The van der Waals surface area contributed by atoms with Gasteiger partial charge in [0.25, 0.3) is 10.0 Å². The number of rotatable bonds is 12. The quantitative estimate of drug-likeness (QED) is 0.219. The maximum atomic E-state index is 12.4. The van der Waals surface area contributed by atoms with Crippen molar-refractivity contribution < 1.29 is 17.9 Å². The van der Waals surface area contributed by atoms with Crippen LogP contribution in [0.4, 0.5) is 0 Å². The number of hydrogen-bond acceptors (Lipinski definition) is 5. The molecule has 0 unspecified atom stereocenters. The number of nitrogens with zero attached hydrogens (tertiary/aromatic N) is 2. The van der Waals surface area contributed by atoms with Crippen LogP contribution in [0.3, 0.4) is 0 Å². The molecule has 40 heavy (non-hydrogen) atoms. The first-order valence-electron chi connectivity index (χ1n) is 13.3. The van der Waals surface area contributed by atoms with Gasteiger partial charge in [-0.25, -0.2) is 13.1 Å². The highest BCUT2D eigenvalue weighted by molar-refractivity contribution is 7.90. The molecule has 0 aliphatic carbocycles. The summed E-state index contributed by atoms with van der Waals surface area (Å²) in [6.45, 7) is 1.13. The van der Waals surface area contributed by atoms with Crippen LogP contribution < -0.4 is 9.46 Å². The Bertz CT molecular complexity index is 1680. The molecule has 7 nitrogen and oxygen atoms in total. The third kappa shape index (κ3) is 7.15. The third-order valence-electron chi connectivity index (χ3n) is 6.65. The summed E-state index contributed by atoms with van der Waals surface area (Å²) in [5.41, 5.74) is 3.23. The highest BCUT2D eigenvalue weighted by atomic mass is 32.2. The minimum atomic E-state index is -3.88. The molecule has 0 fully saturated rings. The summed E-state index contributed by atoms with van der Waals surface area (Å²) in [7, 11) is -3.88. The monoisotopic (exact) mass is 553 g/mol. The fourth-order valence-electron chi connectivity index (χ4n) is 4.59. The normalized spacial score (nSPS) is 11.4. The number of aryl methyl sites for hydroxylation is 1. The second-order valence-corrected chi connectivity index (χ2v) is 11.3. The Kier molecular flexibility index (Phi) is 8.56. The number of fused-ring (bicyclic) bond motifs is 1. The Morgan fingerprint density at radius 1 is 0.825 bits per heavy atom. The van der Waals surface area contributed by atoms with Crippen molar-refractivity contribution in [3.63, 3.8) is 0 Å². The van der Waals surface area contributed by atoms with Crippen LogP contribution in [0.5, 0.6) is 5.75 Å². The summed E-state index contributed by atoms with van der Waals surface area (Å²) in [6.07, 6.45) is 5.56. The molecule has 1 aromatic heterocycles. The molecule has 0 spiro atoms. The van der Waals surface area contributed by atoms with Gasteiger partial charge in [0, 0.05) is 25.2 Å². The van der Waals surface area contributed by atoms with Crippen molar-refractivity contribution >= 4 is 26.7 Å². The van der Waals surface area contributed by atoms with Gasteiger partial charge >= 0.3 is 0 Å². The van der Waals surface area contributed by atoms with Gasteiger partial charge in [-0.05, 0) is 64.6 Å². The summed E-state index contributed by atoms with van der Waals surface area (Å²) < 4.78 is 35.2. The molecule has 0 atom stereocenters. The molecule has 0 saturated heterocycles. The van der Waals surface area contributed by atoms with Gasteiger partial charge in [0.15, 0.2) is 0 Å². The van der Waals surface area contributed by atoms with E-state index < -0.39 is 15.9 Å². The number of benzene rings is 4. The second kappa shape index (κ2) is 12.6. The lowest BCUT2D eigenvalue weighted by molar-refractivity contribution is -0.119. The van der Waals surface area contributed by atoms with Gasteiger partial charge in [-0.2, -0.15) is 5.10 Å². The summed E-state index contributed by atoms with van der Waals surface area (Å²) in [5, 5.41) is 6.71. The molecular weight excluding hydrogens is 522 g/mol. The number of sulfonamides is 1. The number of amides is 1. The number of aromatic nitrogens is 2. The molecular formula is C32H31N3O4S. The Labute approximate surface area is 234 Å². The van der Waals surface area contributed by atoms with Crippen molar-refractivity contribution in [2.75, 3.05) is 6.61 Å². The largest absolute Gasteiger partial charge is 0.493 e. The van der Waals surface area contributed by atoms with Gasteiger partial charge in [-0.1, -0.05) is 72.8 Å². The molecule has 0 bridgehead atoms. The van der Waals surface area contributed by atoms with Crippen LogP contribution in [0.25, 0.3) is 10.8 Å². The van der Waals surface area contributed by atoms with Crippen molar-refractivity contribution in [1.82, 2.24) is 14.5 Å². The standard InChI is InChI=1S/C32H31N3O4S/c36-32(34-40(37,38)30-11-2-1-3-12-30)13-6-10-28-17-15-26(24-35-20-7-19-33-35)23-31(28)39-21-18-25-14-16-27-8-4-5-9-29(27)22-25/h1-5,7-9,11-12,14-17,19-20,22-23H,6,10,13,18,21,24H2,(H,34,36). The van der Waals surface area contributed by atoms with Crippen molar-refractivity contribution in [2.45, 2.75) is 37.1 Å². The first-order chi connectivity index (χ1) is 19.5. The average molecular weight is 554 g/mol. The number of ether oxygens (including phenoxy) is 1. The SMILES string of the molecule is O=C(CCCc1ccc(Cn2cccn2)cc1OCCc1ccc2ccccc2c1)NS(=O)(=O)c1ccccc1. The molecule has 0 aliphatic heterocycles. The topological polar surface area (TPSA) is 90.3 Å². The van der Waals surface area contributed by atoms with E-state index in [9.17, 15) is 13.2 Å². The van der Waals surface area contributed by atoms with Crippen LogP contribution in [-0.4, -0.2) is 30.7 Å². The Balaban J connectivity index is 1.22. The minimum absolute atomic E-state index is 0.0678. The molecule has 1 amide bonds. The number of carbonyl (C=O) groups excluding carboxylic acids is 1. The van der Waals surface area contributed by atoms with Gasteiger partial charge < -0.3 is 4.74 Å². The average Bonchev–Trinajstić information content (AvgIpc) is 3.47. The summed E-state index contributed by atoms with van der Waals surface area (Å²) in [6, 6.07) is 30.6. The van der Waals surface area contributed by atoms with E-state index in [4.69, 9.17) is 4.74 Å². The highest BCUT2D eigenvalue weighted by Gasteiger charge is 2.17. The van der Waals surface area contributed by atoms with Gasteiger partial charge in [0.1, 0.15) is 5.75 Å². The molecule has 5 rings (SSSR count). The summed E-state index contributed by atoms with van der Waals surface area (Å²) >= 11 is 0. The van der Waals surface area contributed by atoms with Crippen LogP contribution in [-0.2, 0) is 34.2 Å². The molecule has 1 heterocycles. The van der Waals surface area contributed by atoms with Gasteiger partial charge in [0.05, 0.1) is 18.0 Å². The molecule has 0 saturated carbocycles. The van der Waals surface area contributed by atoms with Crippen LogP contribution in [0.2, 0.25) is 0 Å². The van der Waals surface area contributed by atoms with Crippen molar-refractivity contribution in [3.05, 3.63) is 126 Å². The molecule has 8 heteroatoms. The first-order valence-corrected chi connectivity index (χ1v) is 14.7. The van der Waals surface area contributed by atoms with Crippen molar-refractivity contribution in [3.8, 4) is 5.75 Å². The molecule has 5 aromatic rings. The fourth-order valence-corrected chi connectivity index (χ4v) is 5.63. The number of nitrogens with one attached hydrogen (secondary N) is 1. The zero-order valence-corrected chi connectivity index (χ0v) is 22.9. The van der Waals surface area contributed by atoms with Crippen LogP contribution >= 0.6 is 0 Å². The van der Waals surface area contributed by atoms with E-state index in [0.717, 1.165) is 23.3 Å². The van der Waals surface area contributed by atoms with Crippen molar-refractivity contribution in [2.24, 2.45) is 0 Å². The maximum Gasteiger partial charge on any atom is 0.264 e. The molecule has 4 aromatic carbocycles. The van der Waals surface area contributed by atoms with Crippen LogP contribution in [0.15, 0.2) is 114 Å². The van der Waals surface area contributed by atoms with Gasteiger partial charge in [-0.15, -0.1) is 0 Å². The number of carbonyl (C=O) groups is 1. The Morgan fingerprint density at radius 2 is 1.60 bits per heavy atom. The van der Waals surface area contributed by atoms with E-state index in [1.807, 2.05) is 47.3 Å². The molecule has 1 N–H and O–H groups in total. The molecule has 0 radical (unpaired) electrons. The number of hydrogen-bond donors (Lipinski definition) is 1.